The molecule has 6 heteroatoms. The molecule has 0 atom stereocenters. The summed E-state index contributed by atoms with van der Waals surface area (Å²) in [6.45, 7) is 8.11. The summed E-state index contributed by atoms with van der Waals surface area (Å²) in [5.74, 6) is 1.84. The predicted octanol–water partition coefficient (Wildman–Crippen LogP) is 3.53. The molecule has 1 aromatic carbocycles. The van der Waals surface area contributed by atoms with Gasteiger partial charge in [-0.05, 0) is 52.0 Å². The van der Waals surface area contributed by atoms with Crippen molar-refractivity contribution >= 4 is 23.3 Å². The van der Waals surface area contributed by atoms with Crippen molar-refractivity contribution in [3.05, 3.63) is 41.7 Å². The number of nitrogens with zero attached hydrogens (tertiary/aromatic N) is 2. The number of aryl methyl sites for hydroxylation is 1. The summed E-state index contributed by atoms with van der Waals surface area (Å²) < 4.78 is 4.97. The molecule has 0 aliphatic heterocycles. The van der Waals surface area contributed by atoms with Crippen LogP contribution in [-0.2, 0) is 4.74 Å². The molecule has 2 N–H and O–H groups in total. The molecule has 0 amide bonds. The zero-order chi connectivity index (χ0) is 16.8. The molecular weight excluding hydrogens is 292 g/mol. The van der Waals surface area contributed by atoms with Crippen LogP contribution in [0.1, 0.15) is 37.0 Å². The maximum Gasteiger partial charge on any atom is 0.338 e. The van der Waals surface area contributed by atoms with Crippen LogP contribution in [0.25, 0.3) is 0 Å². The predicted molar refractivity (Wildman–Crippen MR) is 91.2 cm³/mol. The molecule has 0 bridgehead atoms. The number of carbonyl (C=O) groups excluding carboxylic acids is 1. The number of aromatic nitrogens is 2. The van der Waals surface area contributed by atoms with E-state index in [0.717, 1.165) is 11.5 Å². The van der Waals surface area contributed by atoms with Gasteiger partial charge in [0.05, 0.1) is 12.2 Å². The number of hydrogen-bond donors (Lipinski definition) is 2. The average molecular weight is 314 g/mol. The van der Waals surface area contributed by atoms with Gasteiger partial charge in [-0.15, -0.1) is 0 Å². The lowest BCUT2D eigenvalue weighted by Gasteiger charge is -2.12. The third kappa shape index (κ3) is 4.95. The molecule has 1 heterocycles. The fraction of sp³-hybridized carbons (Fsp3) is 0.353. The molecule has 0 unspecified atom stereocenters. The van der Waals surface area contributed by atoms with E-state index in [-0.39, 0.29) is 5.97 Å². The number of benzene rings is 1. The molecule has 0 spiro atoms. The number of ether oxygens (including phenoxy) is 1. The highest BCUT2D eigenvalue weighted by molar-refractivity contribution is 5.89. The van der Waals surface area contributed by atoms with Gasteiger partial charge < -0.3 is 15.4 Å². The first kappa shape index (κ1) is 16.7. The van der Waals surface area contributed by atoms with E-state index in [1.54, 1.807) is 19.1 Å². The molecule has 23 heavy (non-hydrogen) atoms. The van der Waals surface area contributed by atoms with Crippen LogP contribution in [-0.4, -0.2) is 28.6 Å². The van der Waals surface area contributed by atoms with Crippen molar-refractivity contribution < 1.29 is 9.53 Å². The minimum absolute atomic E-state index is 0.293. The van der Waals surface area contributed by atoms with Gasteiger partial charge in [0.2, 0.25) is 0 Å². The molecule has 2 aromatic rings. The molecule has 0 aliphatic carbocycles. The van der Waals surface area contributed by atoms with Crippen LogP contribution in [0.4, 0.5) is 17.3 Å². The van der Waals surface area contributed by atoms with Crippen molar-refractivity contribution in [2.75, 3.05) is 17.2 Å². The van der Waals surface area contributed by atoms with E-state index >= 15 is 0 Å². The van der Waals surface area contributed by atoms with Gasteiger partial charge in [0, 0.05) is 17.8 Å². The smallest absolute Gasteiger partial charge is 0.338 e. The van der Waals surface area contributed by atoms with E-state index < -0.39 is 0 Å². The molecular formula is C17H22N4O2. The standard InChI is InChI=1S/C17H22N4O2/c1-5-23-17(22)13-6-8-14(9-7-13)21-16-10-15(18-11(2)3)19-12(4)20-16/h6-11H,5H2,1-4H3,(H2,18,19,20,21). The summed E-state index contributed by atoms with van der Waals surface area (Å²) in [6.07, 6.45) is 0. The van der Waals surface area contributed by atoms with Crippen LogP contribution >= 0.6 is 0 Å². The number of rotatable bonds is 6. The van der Waals surface area contributed by atoms with Gasteiger partial charge in [-0.1, -0.05) is 0 Å². The highest BCUT2D eigenvalue weighted by atomic mass is 16.5. The van der Waals surface area contributed by atoms with E-state index in [1.165, 1.54) is 0 Å². The van der Waals surface area contributed by atoms with Crippen LogP contribution in [0.15, 0.2) is 30.3 Å². The Balaban J connectivity index is 2.12. The van der Waals surface area contributed by atoms with Gasteiger partial charge >= 0.3 is 5.97 Å². The number of anilines is 3. The summed E-state index contributed by atoms with van der Waals surface area (Å²) in [5, 5.41) is 6.47. The summed E-state index contributed by atoms with van der Waals surface area (Å²) in [7, 11) is 0. The molecule has 0 fully saturated rings. The van der Waals surface area contributed by atoms with E-state index in [1.807, 2.05) is 25.1 Å². The van der Waals surface area contributed by atoms with Gasteiger partial charge in [-0.3, -0.25) is 0 Å². The Bertz CT molecular complexity index is 669. The summed E-state index contributed by atoms with van der Waals surface area (Å²) in [5.41, 5.74) is 1.37. The Morgan fingerprint density at radius 1 is 1.17 bits per heavy atom. The van der Waals surface area contributed by atoms with Crippen molar-refractivity contribution in [3.8, 4) is 0 Å². The average Bonchev–Trinajstić information content (AvgIpc) is 2.46. The molecule has 1 aromatic heterocycles. The number of nitrogens with one attached hydrogen (secondary N) is 2. The van der Waals surface area contributed by atoms with E-state index in [4.69, 9.17) is 4.74 Å². The lowest BCUT2D eigenvalue weighted by atomic mass is 10.2. The summed E-state index contributed by atoms with van der Waals surface area (Å²) in [4.78, 5) is 20.4. The quantitative estimate of drug-likeness (QED) is 0.794. The maximum absolute atomic E-state index is 11.6. The second kappa shape index (κ2) is 7.58. The molecule has 0 saturated heterocycles. The summed E-state index contributed by atoms with van der Waals surface area (Å²) >= 11 is 0. The zero-order valence-corrected chi connectivity index (χ0v) is 13.9. The lowest BCUT2D eigenvalue weighted by molar-refractivity contribution is 0.0526. The van der Waals surface area contributed by atoms with E-state index in [0.29, 0.717) is 29.9 Å². The monoisotopic (exact) mass is 314 g/mol. The first-order valence-electron chi connectivity index (χ1n) is 7.64. The maximum atomic E-state index is 11.6. The lowest BCUT2D eigenvalue weighted by Crippen LogP contribution is -2.12. The number of esters is 1. The fourth-order valence-electron chi connectivity index (χ4n) is 2.05. The van der Waals surface area contributed by atoms with Crippen molar-refractivity contribution in [2.24, 2.45) is 0 Å². The first-order chi connectivity index (χ1) is 11.0. The topological polar surface area (TPSA) is 76.1 Å². The van der Waals surface area contributed by atoms with Crippen molar-refractivity contribution in [3.63, 3.8) is 0 Å². The van der Waals surface area contributed by atoms with Gasteiger partial charge in [0.15, 0.2) is 0 Å². The Hall–Kier alpha value is -2.63. The largest absolute Gasteiger partial charge is 0.462 e. The zero-order valence-electron chi connectivity index (χ0n) is 13.9. The molecule has 0 aliphatic rings. The highest BCUT2D eigenvalue weighted by Gasteiger charge is 2.07. The Morgan fingerprint density at radius 3 is 2.43 bits per heavy atom. The van der Waals surface area contributed by atoms with E-state index in [9.17, 15) is 4.79 Å². The van der Waals surface area contributed by atoms with Crippen molar-refractivity contribution in [1.82, 2.24) is 9.97 Å². The Morgan fingerprint density at radius 2 is 1.83 bits per heavy atom. The number of carbonyl (C=O) groups is 1. The Kier molecular flexibility index (Phi) is 5.51. The molecule has 122 valence electrons. The third-order valence-corrected chi connectivity index (χ3v) is 2.94. The minimum Gasteiger partial charge on any atom is -0.462 e. The van der Waals surface area contributed by atoms with Gasteiger partial charge in [0.1, 0.15) is 17.5 Å². The van der Waals surface area contributed by atoms with Gasteiger partial charge in [-0.25, -0.2) is 14.8 Å². The first-order valence-corrected chi connectivity index (χ1v) is 7.64. The van der Waals surface area contributed by atoms with Crippen molar-refractivity contribution in [1.29, 1.82) is 0 Å². The van der Waals surface area contributed by atoms with E-state index in [2.05, 4.69) is 34.4 Å². The molecule has 0 saturated carbocycles. The van der Waals surface area contributed by atoms with Crippen LogP contribution in [0.5, 0.6) is 0 Å². The second-order valence-corrected chi connectivity index (χ2v) is 5.41. The normalized spacial score (nSPS) is 10.5. The van der Waals surface area contributed by atoms with Crippen molar-refractivity contribution in [2.45, 2.75) is 33.7 Å². The molecule has 6 nitrogen and oxygen atoms in total. The Labute approximate surface area is 136 Å². The fourth-order valence-corrected chi connectivity index (χ4v) is 2.05. The third-order valence-electron chi connectivity index (χ3n) is 2.94. The molecule has 2 rings (SSSR count). The van der Waals surface area contributed by atoms with Gasteiger partial charge in [-0.2, -0.15) is 0 Å². The SMILES string of the molecule is CCOC(=O)c1ccc(Nc2cc(NC(C)C)nc(C)n2)cc1. The van der Waals surface area contributed by atoms with Crippen LogP contribution in [0.2, 0.25) is 0 Å². The van der Waals surface area contributed by atoms with Crippen LogP contribution in [0, 0.1) is 6.92 Å². The van der Waals surface area contributed by atoms with Gasteiger partial charge in [0.25, 0.3) is 0 Å². The second-order valence-electron chi connectivity index (χ2n) is 5.41. The molecule has 0 radical (unpaired) electrons. The number of hydrogen-bond acceptors (Lipinski definition) is 6. The summed E-state index contributed by atoms with van der Waals surface area (Å²) in [6, 6.07) is 9.23. The highest BCUT2D eigenvalue weighted by Crippen LogP contribution is 2.18. The van der Waals surface area contributed by atoms with Crippen LogP contribution in [0.3, 0.4) is 0 Å². The minimum atomic E-state index is -0.319. The van der Waals surface area contributed by atoms with Crippen LogP contribution < -0.4 is 10.6 Å².